The van der Waals surface area contributed by atoms with Crippen molar-refractivity contribution in [3.05, 3.63) is 60.2 Å². The van der Waals surface area contributed by atoms with Crippen LogP contribution < -0.4 is 10.2 Å². The van der Waals surface area contributed by atoms with E-state index in [1.807, 2.05) is 96.1 Å². The number of hydrogen-bond acceptors (Lipinski definition) is 6. The summed E-state index contributed by atoms with van der Waals surface area (Å²) in [6, 6.07) is 17.4. The molecule has 2 aromatic carbocycles. The summed E-state index contributed by atoms with van der Waals surface area (Å²) >= 11 is 0. The van der Waals surface area contributed by atoms with Gasteiger partial charge in [-0.25, -0.2) is 20.0 Å². The van der Waals surface area contributed by atoms with E-state index in [2.05, 4.69) is 5.43 Å². The van der Waals surface area contributed by atoms with Crippen molar-refractivity contribution >= 4 is 12.2 Å². The highest BCUT2D eigenvalue weighted by atomic mass is 16.6. The number of nitrogens with zero attached hydrogens (tertiary/aromatic N) is 2. The van der Waals surface area contributed by atoms with E-state index in [-0.39, 0.29) is 6.09 Å². The number of hydrazine groups is 1. The summed E-state index contributed by atoms with van der Waals surface area (Å²) < 4.78 is 17.0. The standard InChI is InChI=1S/C28H41N3O5/c1-27(2,3)35-25(32)30(18-12-19-31(29-7)26(33)36-28(4,5)6)20-17-22-13-11-16-24(21-22)34-23-14-9-8-10-15-23/h8-11,13-16,21,29H,12,17-20H2,1-7H3. The first kappa shape index (κ1) is 29.0. The zero-order valence-electron chi connectivity index (χ0n) is 22.7. The molecule has 8 heteroatoms. The number of benzene rings is 2. The van der Waals surface area contributed by atoms with Crippen molar-refractivity contribution in [2.24, 2.45) is 0 Å². The van der Waals surface area contributed by atoms with Gasteiger partial charge in [0.05, 0.1) is 0 Å². The van der Waals surface area contributed by atoms with Crippen LogP contribution in [0, 0.1) is 0 Å². The van der Waals surface area contributed by atoms with Crippen molar-refractivity contribution in [2.45, 2.75) is 65.6 Å². The number of amides is 2. The first-order chi connectivity index (χ1) is 16.9. The first-order valence-corrected chi connectivity index (χ1v) is 12.3. The SMILES string of the molecule is CNN(CCCN(CCc1cccc(Oc2ccccc2)c1)C(=O)OC(C)(C)C)C(=O)OC(C)(C)C. The summed E-state index contributed by atoms with van der Waals surface area (Å²) in [6.45, 7) is 12.3. The average Bonchev–Trinajstić information content (AvgIpc) is 2.77. The molecule has 0 atom stereocenters. The molecule has 36 heavy (non-hydrogen) atoms. The van der Waals surface area contributed by atoms with Crippen molar-refractivity contribution in [1.29, 1.82) is 0 Å². The second-order valence-corrected chi connectivity index (χ2v) is 10.5. The Morgan fingerprint density at radius 3 is 2.00 bits per heavy atom. The van der Waals surface area contributed by atoms with Gasteiger partial charge in [0.25, 0.3) is 0 Å². The van der Waals surface area contributed by atoms with Gasteiger partial charge in [-0.2, -0.15) is 0 Å². The van der Waals surface area contributed by atoms with Gasteiger partial charge < -0.3 is 19.1 Å². The Labute approximate surface area is 215 Å². The fraction of sp³-hybridized carbons (Fsp3) is 0.500. The van der Waals surface area contributed by atoms with Crippen LogP contribution in [0.2, 0.25) is 0 Å². The van der Waals surface area contributed by atoms with Gasteiger partial charge in [-0.05, 0) is 84.2 Å². The van der Waals surface area contributed by atoms with E-state index in [1.165, 1.54) is 5.01 Å². The molecule has 1 N–H and O–H groups in total. The van der Waals surface area contributed by atoms with E-state index in [1.54, 1.807) is 11.9 Å². The van der Waals surface area contributed by atoms with Gasteiger partial charge in [0, 0.05) is 26.7 Å². The minimum atomic E-state index is -0.605. The number of para-hydroxylation sites is 1. The molecule has 0 aliphatic rings. The van der Waals surface area contributed by atoms with Crippen LogP contribution in [0.1, 0.15) is 53.5 Å². The summed E-state index contributed by atoms with van der Waals surface area (Å²) in [5.41, 5.74) is 2.71. The Bertz CT molecular complexity index is 967. The fourth-order valence-electron chi connectivity index (χ4n) is 3.31. The third kappa shape index (κ3) is 11.0. The lowest BCUT2D eigenvalue weighted by atomic mass is 10.1. The van der Waals surface area contributed by atoms with Crippen LogP contribution in [-0.4, -0.2) is 60.0 Å². The van der Waals surface area contributed by atoms with Crippen molar-refractivity contribution in [3.63, 3.8) is 0 Å². The Morgan fingerprint density at radius 1 is 0.778 bits per heavy atom. The van der Waals surface area contributed by atoms with E-state index in [0.717, 1.165) is 17.1 Å². The van der Waals surface area contributed by atoms with Crippen molar-refractivity contribution in [2.75, 3.05) is 26.7 Å². The second-order valence-electron chi connectivity index (χ2n) is 10.5. The third-order valence-corrected chi connectivity index (χ3v) is 4.89. The zero-order valence-corrected chi connectivity index (χ0v) is 22.7. The Hall–Kier alpha value is -3.26. The van der Waals surface area contributed by atoms with Crippen LogP contribution in [0.5, 0.6) is 11.5 Å². The maximum atomic E-state index is 12.9. The van der Waals surface area contributed by atoms with Crippen molar-refractivity contribution < 1.29 is 23.8 Å². The van der Waals surface area contributed by atoms with Gasteiger partial charge >= 0.3 is 12.2 Å². The molecule has 2 rings (SSSR count). The number of carbonyl (C=O) groups is 2. The van der Waals surface area contributed by atoms with Gasteiger partial charge in [0.2, 0.25) is 0 Å². The number of carbonyl (C=O) groups excluding carboxylic acids is 2. The lowest BCUT2D eigenvalue weighted by molar-refractivity contribution is 0.0136. The molecule has 0 fully saturated rings. The van der Waals surface area contributed by atoms with Gasteiger partial charge in [-0.15, -0.1) is 0 Å². The normalized spacial score (nSPS) is 11.5. The molecule has 0 bridgehead atoms. The van der Waals surface area contributed by atoms with Crippen molar-refractivity contribution in [3.8, 4) is 11.5 Å². The predicted octanol–water partition coefficient (Wildman–Crippen LogP) is 6.02. The summed E-state index contributed by atoms with van der Waals surface area (Å²) in [4.78, 5) is 27.0. The molecule has 0 saturated carbocycles. The lowest BCUT2D eigenvalue weighted by Crippen LogP contribution is -2.45. The molecule has 0 heterocycles. The largest absolute Gasteiger partial charge is 0.457 e. The molecule has 198 valence electrons. The highest BCUT2D eigenvalue weighted by molar-refractivity contribution is 5.68. The molecule has 8 nitrogen and oxygen atoms in total. The maximum absolute atomic E-state index is 12.9. The number of rotatable bonds is 10. The summed E-state index contributed by atoms with van der Waals surface area (Å²) in [5, 5.41) is 1.41. The Morgan fingerprint density at radius 2 is 1.39 bits per heavy atom. The van der Waals surface area contributed by atoms with Crippen LogP contribution in [-0.2, 0) is 15.9 Å². The van der Waals surface area contributed by atoms with Crippen LogP contribution in [0.4, 0.5) is 9.59 Å². The highest BCUT2D eigenvalue weighted by Crippen LogP contribution is 2.22. The van der Waals surface area contributed by atoms with E-state index in [9.17, 15) is 9.59 Å². The molecule has 0 spiro atoms. The average molecular weight is 500 g/mol. The zero-order chi connectivity index (χ0) is 26.8. The van der Waals surface area contributed by atoms with E-state index < -0.39 is 17.3 Å². The van der Waals surface area contributed by atoms with Crippen LogP contribution in [0.15, 0.2) is 54.6 Å². The summed E-state index contributed by atoms with van der Waals surface area (Å²) in [5.74, 6) is 1.51. The maximum Gasteiger partial charge on any atom is 0.424 e. The van der Waals surface area contributed by atoms with Crippen LogP contribution >= 0.6 is 0 Å². The van der Waals surface area contributed by atoms with Gasteiger partial charge in [0.15, 0.2) is 0 Å². The Balaban J connectivity index is 2.01. The molecule has 0 unspecified atom stereocenters. The number of ether oxygens (including phenoxy) is 3. The third-order valence-electron chi connectivity index (χ3n) is 4.89. The number of nitrogens with one attached hydrogen (secondary N) is 1. The molecule has 0 aromatic heterocycles. The quantitative estimate of drug-likeness (QED) is 0.403. The fourth-order valence-corrected chi connectivity index (χ4v) is 3.31. The minimum absolute atomic E-state index is 0.380. The molecule has 0 aliphatic heterocycles. The molecular formula is C28H41N3O5. The molecule has 0 radical (unpaired) electrons. The van der Waals surface area contributed by atoms with E-state index >= 15 is 0 Å². The topological polar surface area (TPSA) is 80.3 Å². The second kappa shape index (κ2) is 13.2. The highest BCUT2D eigenvalue weighted by Gasteiger charge is 2.24. The molecule has 0 saturated heterocycles. The van der Waals surface area contributed by atoms with Gasteiger partial charge in [-0.3, -0.25) is 0 Å². The summed E-state index contributed by atoms with van der Waals surface area (Å²) in [7, 11) is 1.67. The molecule has 2 amide bonds. The Kier molecular flexibility index (Phi) is 10.6. The minimum Gasteiger partial charge on any atom is -0.457 e. The van der Waals surface area contributed by atoms with Crippen LogP contribution in [0.3, 0.4) is 0 Å². The summed E-state index contributed by atoms with van der Waals surface area (Å²) in [6.07, 6.45) is 0.347. The first-order valence-electron chi connectivity index (χ1n) is 12.3. The molecule has 2 aromatic rings. The monoisotopic (exact) mass is 499 g/mol. The molecular weight excluding hydrogens is 458 g/mol. The van der Waals surface area contributed by atoms with Crippen LogP contribution in [0.25, 0.3) is 0 Å². The smallest absolute Gasteiger partial charge is 0.424 e. The van der Waals surface area contributed by atoms with E-state index in [4.69, 9.17) is 14.2 Å². The lowest BCUT2D eigenvalue weighted by Gasteiger charge is -2.29. The van der Waals surface area contributed by atoms with E-state index in [0.29, 0.717) is 32.5 Å². The van der Waals surface area contributed by atoms with Crippen molar-refractivity contribution in [1.82, 2.24) is 15.3 Å². The van der Waals surface area contributed by atoms with Gasteiger partial charge in [0.1, 0.15) is 22.7 Å². The molecule has 0 aliphatic carbocycles. The van der Waals surface area contributed by atoms with Gasteiger partial charge in [-0.1, -0.05) is 30.3 Å². The number of hydrogen-bond donors (Lipinski definition) is 1. The predicted molar refractivity (Wildman–Crippen MR) is 141 cm³/mol.